The highest BCUT2D eigenvalue weighted by molar-refractivity contribution is 6.00. The molecule has 146 valence electrons. The lowest BCUT2D eigenvalue weighted by Crippen LogP contribution is -2.50. The molecule has 1 aliphatic heterocycles. The van der Waals surface area contributed by atoms with E-state index in [9.17, 15) is 19.2 Å². The standard InChI is InChI=1S/C19H25N3O5/c1-12(2)8-9-20-17(24)14(10-13-6-4-3-5-7-13)21-18(25)15-16(19(26)27)22(15)11-23/h3-7,11-12,14-16H,8-10H2,1-2H3,(H,20,24)(H,21,25)(H,26,27)/t14-,15-,16-,22?/m0/s1. The van der Waals surface area contributed by atoms with E-state index in [1.807, 2.05) is 44.2 Å². The van der Waals surface area contributed by atoms with Crippen molar-refractivity contribution in [1.29, 1.82) is 0 Å². The summed E-state index contributed by atoms with van der Waals surface area (Å²) in [5, 5.41) is 14.5. The van der Waals surface area contributed by atoms with Crippen LogP contribution in [0.15, 0.2) is 30.3 Å². The van der Waals surface area contributed by atoms with E-state index < -0.39 is 30.0 Å². The Balaban J connectivity index is 2.05. The van der Waals surface area contributed by atoms with Gasteiger partial charge in [0.15, 0.2) is 6.04 Å². The van der Waals surface area contributed by atoms with E-state index in [1.54, 1.807) is 0 Å². The van der Waals surface area contributed by atoms with Crippen molar-refractivity contribution in [2.45, 2.75) is 44.8 Å². The molecule has 1 aliphatic rings. The second-order valence-electron chi connectivity index (χ2n) is 7.00. The molecule has 27 heavy (non-hydrogen) atoms. The fourth-order valence-electron chi connectivity index (χ4n) is 2.84. The van der Waals surface area contributed by atoms with Gasteiger partial charge in [-0.2, -0.15) is 0 Å². The van der Waals surface area contributed by atoms with Gasteiger partial charge in [0.25, 0.3) is 0 Å². The zero-order valence-electron chi connectivity index (χ0n) is 15.4. The van der Waals surface area contributed by atoms with Crippen LogP contribution in [-0.4, -0.2) is 58.9 Å². The first-order valence-electron chi connectivity index (χ1n) is 8.92. The molecule has 0 saturated carbocycles. The van der Waals surface area contributed by atoms with E-state index in [2.05, 4.69) is 10.6 Å². The van der Waals surface area contributed by atoms with Crippen molar-refractivity contribution in [1.82, 2.24) is 15.5 Å². The monoisotopic (exact) mass is 375 g/mol. The van der Waals surface area contributed by atoms with Crippen molar-refractivity contribution >= 4 is 24.2 Å². The zero-order valence-corrected chi connectivity index (χ0v) is 15.4. The number of benzene rings is 1. The minimum absolute atomic E-state index is 0.269. The maximum Gasteiger partial charge on any atom is 0.329 e. The van der Waals surface area contributed by atoms with Gasteiger partial charge in [0.2, 0.25) is 18.2 Å². The van der Waals surface area contributed by atoms with Gasteiger partial charge in [0.1, 0.15) is 12.1 Å². The Hall–Kier alpha value is -2.90. The molecular weight excluding hydrogens is 350 g/mol. The van der Waals surface area contributed by atoms with Crippen molar-refractivity contribution in [2.24, 2.45) is 5.92 Å². The third-order valence-corrected chi connectivity index (χ3v) is 4.43. The maximum atomic E-state index is 12.5. The van der Waals surface area contributed by atoms with E-state index in [4.69, 9.17) is 5.11 Å². The molecule has 1 aromatic carbocycles. The SMILES string of the molecule is CC(C)CCNC(=O)[C@H](Cc1ccccc1)NC(=O)[C@@H]1[C@@H](C(=O)O)N1C=O. The van der Waals surface area contributed by atoms with Crippen LogP contribution in [0.2, 0.25) is 0 Å². The van der Waals surface area contributed by atoms with Gasteiger partial charge in [-0.1, -0.05) is 44.2 Å². The van der Waals surface area contributed by atoms with Gasteiger partial charge < -0.3 is 20.6 Å². The van der Waals surface area contributed by atoms with Crippen molar-refractivity contribution in [3.05, 3.63) is 35.9 Å². The first kappa shape index (κ1) is 20.4. The Morgan fingerprint density at radius 2 is 1.85 bits per heavy atom. The van der Waals surface area contributed by atoms with Crippen LogP contribution in [0, 0.1) is 5.92 Å². The number of carboxylic acid groups (broad SMARTS) is 1. The number of hydrogen-bond acceptors (Lipinski definition) is 4. The Morgan fingerprint density at radius 1 is 1.19 bits per heavy atom. The van der Waals surface area contributed by atoms with E-state index >= 15 is 0 Å². The van der Waals surface area contributed by atoms with Gasteiger partial charge in [0, 0.05) is 13.0 Å². The molecule has 3 N–H and O–H groups in total. The summed E-state index contributed by atoms with van der Waals surface area (Å²) in [6.07, 6.45) is 1.41. The van der Waals surface area contributed by atoms with E-state index in [1.165, 1.54) is 0 Å². The summed E-state index contributed by atoms with van der Waals surface area (Å²) >= 11 is 0. The summed E-state index contributed by atoms with van der Waals surface area (Å²) in [7, 11) is 0. The Bertz CT molecular complexity index is 692. The lowest BCUT2D eigenvalue weighted by atomic mass is 10.0. The fourth-order valence-corrected chi connectivity index (χ4v) is 2.84. The summed E-state index contributed by atoms with van der Waals surface area (Å²) in [6, 6.07) is 6.09. The van der Waals surface area contributed by atoms with Gasteiger partial charge in [-0.3, -0.25) is 14.4 Å². The highest BCUT2D eigenvalue weighted by Gasteiger charge is 2.57. The van der Waals surface area contributed by atoms with Crippen molar-refractivity contribution in [3.63, 3.8) is 0 Å². The highest BCUT2D eigenvalue weighted by Crippen LogP contribution is 2.26. The van der Waals surface area contributed by atoms with Gasteiger partial charge in [-0.05, 0) is 17.9 Å². The summed E-state index contributed by atoms with van der Waals surface area (Å²) in [5.74, 6) is -1.80. The van der Waals surface area contributed by atoms with Crippen LogP contribution in [0.1, 0.15) is 25.8 Å². The number of carboxylic acids is 1. The molecule has 8 heteroatoms. The van der Waals surface area contributed by atoms with E-state index in [0.29, 0.717) is 18.9 Å². The lowest BCUT2D eigenvalue weighted by molar-refractivity contribution is -0.138. The van der Waals surface area contributed by atoms with Gasteiger partial charge in [-0.15, -0.1) is 0 Å². The number of aliphatic carboxylic acids is 1. The normalized spacial score (nSPS) is 19.3. The average Bonchev–Trinajstić information content (AvgIpc) is 3.36. The molecule has 0 bridgehead atoms. The van der Waals surface area contributed by atoms with E-state index in [0.717, 1.165) is 16.9 Å². The molecule has 0 radical (unpaired) electrons. The minimum atomic E-state index is -1.25. The molecule has 1 fully saturated rings. The number of hydrogen-bond donors (Lipinski definition) is 3. The van der Waals surface area contributed by atoms with Gasteiger partial charge >= 0.3 is 5.97 Å². The molecule has 0 spiro atoms. The number of carbonyl (C=O) groups excluding carboxylic acids is 3. The number of nitrogens with zero attached hydrogens (tertiary/aromatic N) is 1. The Morgan fingerprint density at radius 3 is 2.37 bits per heavy atom. The summed E-state index contributed by atoms with van der Waals surface area (Å²) in [5.41, 5.74) is 0.861. The van der Waals surface area contributed by atoms with Crippen molar-refractivity contribution in [3.8, 4) is 0 Å². The molecule has 0 aromatic heterocycles. The van der Waals surface area contributed by atoms with Crippen LogP contribution < -0.4 is 10.6 Å². The quantitative estimate of drug-likeness (QED) is 0.398. The summed E-state index contributed by atoms with van der Waals surface area (Å²) in [4.78, 5) is 47.9. The fraction of sp³-hybridized carbons (Fsp3) is 0.474. The topological polar surface area (TPSA) is 116 Å². The second-order valence-corrected chi connectivity index (χ2v) is 7.00. The van der Waals surface area contributed by atoms with Crippen LogP contribution >= 0.6 is 0 Å². The first-order valence-corrected chi connectivity index (χ1v) is 8.92. The van der Waals surface area contributed by atoms with Crippen LogP contribution in [-0.2, 0) is 25.6 Å². The van der Waals surface area contributed by atoms with Gasteiger partial charge in [-0.25, -0.2) is 4.79 Å². The molecule has 0 aliphatic carbocycles. The smallest absolute Gasteiger partial charge is 0.329 e. The van der Waals surface area contributed by atoms with Crippen LogP contribution in [0.4, 0.5) is 0 Å². The number of nitrogens with one attached hydrogen (secondary N) is 2. The Labute approximate surface area is 157 Å². The van der Waals surface area contributed by atoms with Crippen LogP contribution in [0.5, 0.6) is 0 Å². The molecule has 3 amide bonds. The van der Waals surface area contributed by atoms with Crippen LogP contribution in [0.25, 0.3) is 0 Å². The number of rotatable bonds is 10. The summed E-state index contributed by atoms with van der Waals surface area (Å²) < 4.78 is 0. The molecular formula is C19H25N3O5. The van der Waals surface area contributed by atoms with E-state index in [-0.39, 0.29) is 12.3 Å². The number of carbonyl (C=O) groups is 4. The third kappa shape index (κ3) is 5.54. The third-order valence-electron chi connectivity index (χ3n) is 4.43. The molecule has 2 rings (SSSR count). The average molecular weight is 375 g/mol. The maximum absolute atomic E-state index is 12.5. The van der Waals surface area contributed by atoms with Crippen molar-refractivity contribution in [2.75, 3.05) is 6.54 Å². The molecule has 8 nitrogen and oxygen atoms in total. The lowest BCUT2D eigenvalue weighted by Gasteiger charge is -2.19. The second kappa shape index (κ2) is 9.16. The molecule has 1 aromatic rings. The highest BCUT2D eigenvalue weighted by atomic mass is 16.4. The Kier molecular flexibility index (Phi) is 6.92. The predicted molar refractivity (Wildman–Crippen MR) is 97.7 cm³/mol. The molecule has 1 saturated heterocycles. The largest absolute Gasteiger partial charge is 0.480 e. The van der Waals surface area contributed by atoms with Crippen LogP contribution in [0.3, 0.4) is 0 Å². The molecule has 0 unspecified atom stereocenters. The minimum Gasteiger partial charge on any atom is -0.480 e. The first-order chi connectivity index (χ1) is 12.8. The van der Waals surface area contributed by atoms with Crippen molar-refractivity contribution < 1.29 is 24.3 Å². The summed E-state index contributed by atoms with van der Waals surface area (Å²) in [6.45, 7) is 4.57. The predicted octanol–water partition coefficient (Wildman–Crippen LogP) is 0.170. The van der Waals surface area contributed by atoms with Gasteiger partial charge in [0.05, 0.1) is 0 Å². The number of amides is 3. The zero-order chi connectivity index (χ0) is 20.0. The molecule has 3 atom stereocenters. The molecule has 1 heterocycles.